The number of aliphatic imine (C=N–C) groups is 1. The van der Waals surface area contributed by atoms with E-state index in [1.807, 2.05) is 0 Å². The Hall–Kier alpha value is -4.55. The summed E-state index contributed by atoms with van der Waals surface area (Å²) in [6.45, 7) is 2.26. The van der Waals surface area contributed by atoms with E-state index in [4.69, 9.17) is 14.2 Å². The zero-order chi connectivity index (χ0) is 28.9. The molecule has 1 aliphatic heterocycles. The number of hydrogen-bond acceptors (Lipinski definition) is 11. The van der Waals surface area contributed by atoms with Crippen molar-refractivity contribution < 1.29 is 32.1 Å². The molecule has 0 saturated heterocycles. The predicted molar refractivity (Wildman–Crippen MR) is 142 cm³/mol. The molecule has 4 rings (SSSR count). The van der Waals surface area contributed by atoms with E-state index in [0.717, 1.165) is 5.56 Å². The van der Waals surface area contributed by atoms with E-state index in [2.05, 4.69) is 41.3 Å². The summed E-state index contributed by atoms with van der Waals surface area (Å²) in [6.07, 6.45) is 3.44. The van der Waals surface area contributed by atoms with Crippen molar-refractivity contribution in [3.8, 4) is 17.2 Å². The number of anilines is 1. The molecular formula is C25H26FN7O6S. The van der Waals surface area contributed by atoms with Crippen molar-refractivity contribution in [3.05, 3.63) is 65.3 Å². The second-order valence-corrected chi connectivity index (χ2v) is 10.4. The molecule has 0 amide bonds. The summed E-state index contributed by atoms with van der Waals surface area (Å²) in [5.74, 6) is -0.238. The highest BCUT2D eigenvalue weighted by Crippen LogP contribution is 2.36. The van der Waals surface area contributed by atoms with Crippen molar-refractivity contribution >= 4 is 27.6 Å². The van der Waals surface area contributed by atoms with Crippen molar-refractivity contribution in [2.24, 2.45) is 4.99 Å². The first-order valence-corrected chi connectivity index (χ1v) is 13.4. The first-order chi connectivity index (χ1) is 19.2. The Bertz CT molecular complexity index is 1630. The molecule has 2 atom stereocenters. The van der Waals surface area contributed by atoms with Gasteiger partial charge < -0.3 is 19.3 Å². The maximum absolute atomic E-state index is 13.6. The van der Waals surface area contributed by atoms with E-state index in [1.54, 1.807) is 31.5 Å². The van der Waals surface area contributed by atoms with E-state index in [1.165, 1.54) is 37.9 Å². The lowest BCUT2D eigenvalue weighted by atomic mass is 10.2. The normalized spacial score (nSPS) is 14.3. The Morgan fingerprint density at radius 3 is 2.62 bits per heavy atom. The number of hydrogen-bond donors (Lipinski definition) is 2. The summed E-state index contributed by atoms with van der Waals surface area (Å²) in [6, 6.07) is 4.48. The molecule has 0 spiro atoms. The molecule has 0 saturated carbocycles. The number of ether oxygens (including phenoxy) is 3. The first-order valence-electron chi connectivity index (χ1n) is 11.8. The van der Waals surface area contributed by atoms with Crippen LogP contribution in [0.2, 0.25) is 0 Å². The van der Waals surface area contributed by atoms with Crippen LogP contribution in [0, 0.1) is 6.92 Å². The zero-order valence-corrected chi connectivity index (χ0v) is 22.8. The zero-order valence-electron chi connectivity index (χ0n) is 22.0. The summed E-state index contributed by atoms with van der Waals surface area (Å²) >= 11 is 0. The Balaban J connectivity index is 1.81. The molecule has 15 heteroatoms. The van der Waals surface area contributed by atoms with Gasteiger partial charge in [0.05, 0.1) is 13.2 Å². The van der Waals surface area contributed by atoms with Crippen molar-refractivity contribution in [3.63, 3.8) is 0 Å². The Labute approximate surface area is 229 Å². The number of benzene rings is 1. The first kappa shape index (κ1) is 28.5. The van der Waals surface area contributed by atoms with Gasteiger partial charge >= 0.3 is 0 Å². The molecule has 0 fully saturated rings. The molecule has 1 aromatic carbocycles. The monoisotopic (exact) mass is 571 g/mol. The fourth-order valence-electron chi connectivity index (χ4n) is 3.71. The standard InChI is InChI=1S/C25H26FN7O6S/c1-15-13-27-23(28-14-15)22(38-4)16(2)40(35,36)32-25-31-30-24(17-7-5-10-20(29-17)39-12-11-26)33(25)21-18(34)8-6-9-19(21)37-3/h6,8-10,13-14,16,22,34H,11-12H2,1-4H3,(H,31,32)/t16-,22-/m0/s1. The molecule has 1 aliphatic rings. The third-order valence-corrected chi connectivity index (χ3v) is 7.38. The average Bonchev–Trinajstić information content (AvgIpc) is 3.35. The number of rotatable bonds is 11. The minimum absolute atomic E-state index is 0.0193. The highest BCUT2D eigenvalue weighted by molar-refractivity contribution is 7.93. The lowest BCUT2D eigenvalue weighted by molar-refractivity contribution is 0.0949. The minimum atomic E-state index is -4.24. The summed E-state index contributed by atoms with van der Waals surface area (Å²) in [5, 5.41) is 17.7. The fraction of sp³-hybridized carbons (Fsp3) is 0.320. The number of para-hydroxylation sites is 1. The maximum atomic E-state index is 13.6. The summed E-state index contributed by atoms with van der Waals surface area (Å²) in [5.41, 5.74) is 6.29. The molecule has 210 valence electrons. The molecule has 0 unspecified atom stereocenters. The van der Waals surface area contributed by atoms with Gasteiger partial charge in [0.15, 0.2) is 17.3 Å². The van der Waals surface area contributed by atoms with Crippen LogP contribution < -0.4 is 9.46 Å². The van der Waals surface area contributed by atoms with E-state index in [-0.39, 0.29) is 53.0 Å². The van der Waals surface area contributed by atoms with E-state index >= 15 is 0 Å². The van der Waals surface area contributed by atoms with Crippen molar-refractivity contribution in [1.82, 2.24) is 24.7 Å². The number of aromatic nitrogens is 5. The number of phenolic OH excluding ortho intramolecular Hbond substituents is 1. The third-order valence-electron chi connectivity index (χ3n) is 5.69. The lowest BCUT2D eigenvalue weighted by Gasteiger charge is -2.22. The second kappa shape index (κ2) is 12.1. The highest BCUT2D eigenvalue weighted by atomic mass is 32.2. The number of nitrogens with one attached hydrogen (secondary N) is 1. The van der Waals surface area contributed by atoms with Gasteiger partial charge in [0.1, 0.15) is 41.8 Å². The van der Waals surface area contributed by atoms with E-state index < -0.39 is 28.1 Å². The molecule has 2 N–H and O–H groups in total. The van der Waals surface area contributed by atoms with Crippen LogP contribution in [0.5, 0.6) is 11.5 Å². The Kier molecular flexibility index (Phi) is 8.61. The Morgan fingerprint density at radius 2 is 1.95 bits per heavy atom. The maximum Gasteiger partial charge on any atom is 0.243 e. The molecule has 0 radical (unpaired) electrons. The van der Waals surface area contributed by atoms with Crippen molar-refractivity contribution in [2.45, 2.75) is 25.2 Å². The number of sulfonamides is 1. The third kappa shape index (κ3) is 5.87. The molecular weight excluding hydrogens is 545 g/mol. The SMILES string of the molecule is COc1cccc(O)c1-n1c(NS(=O)(=O)[C@@H](C)[C@H](OC)c2ncc(C)cn2)nnc1C1=C=C=CC(OCCF)=N1. The molecule has 3 heterocycles. The van der Waals surface area contributed by atoms with E-state index in [9.17, 15) is 17.9 Å². The van der Waals surface area contributed by atoms with Crippen LogP contribution in [0.4, 0.5) is 10.3 Å². The van der Waals surface area contributed by atoms with Crippen LogP contribution in [0.3, 0.4) is 0 Å². The van der Waals surface area contributed by atoms with Gasteiger partial charge in [-0.05, 0) is 37.3 Å². The van der Waals surface area contributed by atoms with Gasteiger partial charge in [-0.2, -0.15) is 0 Å². The van der Waals surface area contributed by atoms with Crippen LogP contribution in [0.25, 0.3) is 11.4 Å². The number of aryl methyl sites for hydroxylation is 1. The van der Waals surface area contributed by atoms with Crippen LogP contribution in [0.1, 0.15) is 30.2 Å². The fourth-order valence-corrected chi connectivity index (χ4v) is 4.85. The highest BCUT2D eigenvalue weighted by Gasteiger charge is 2.35. The molecule has 2 aromatic heterocycles. The van der Waals surface area contributed by atoms with Crippen LogP contribution >= 0.6 is 0 Å². The van der Waals surface area contributed by atoms with Gasteiger partial charge in [-0.25, -0.2) is 27.8 Å². The number of phenols is 1. The van der Waals surface area contributed by atoms with E-state index in [0.29, 0.717) is 0 Å². The van der Waals surface area contributed by atoms with Crippen molar-refractivity contribution in [2.75, 3.05) is 32.2 Å². The van der Waals surface area contributed by atoms with Crippen LogP contribution in [0.15, 0.2) is 53.1 Å². The molecule has 0 aliphatic carbocycles. The summed E-state index contributed by atoms with van der Waals surface area (Å²) in [4.78, 5) is 12.7. The molecule has 3 aromatic rings. The molecule has 40 heavy (non-hydrogen) atoms. The largest absolute Gasteiger partial charge is 0.506 e. The number of aromatic hydroxyl groups is 1. The van der Waals surface area contributed by atoms with Crippen molar-refractivity contribution in [1.29, 1.82) is 0 Å². The smallest absolute Gasteiger partial charge is 0.243 e. The quantitative estimate of drug-likeness (QED) is 0.327. The van der Waals surface area contributed by atoms with Gasteiger partial charge in [-0.15, -0.1) is 10.2 Å². The van der Waals surface area contributed by atoms with Gasteiger partial charge in [0.2, 0.25) is 21.9 Å². The summed E-state index contributed by atoms with van der Waals surface area (Å²) in [7, 11) is -1.51. The predicted octanol–water partition coefficient (Wildman–Crippen LogP) is 2.65. The number of alkyl halides is 1. The number of halogens is 1. The van der Waals surface area contributed by atoms with Gasteiger partial charge in [-0.1, -0.05) is 11.8 Å². The Morgan fingerprint density at radius 1 is 1.20 bits per heavy atom. The van der Waals surface area contributed by atoms with Gasteiger partial charge in [-0.3, -0.25) is 9.29 Å². The number of methoxy groups -OCH3 is 2. The second-order valence-electron chi connectivity index (χ2n) is 8.39. The van der Waals surface area contributed by atoms with Crippen LogP contribution in [-0.2, 0) is 19.5 Å². The lowest BCUT2D eigenvalue weighted by Crippen LogP contribution is -2.33. The molecule has 0 bridgehead atoms. The molecule has 13 nitrogen and oxygen atoms in total. The topological polar surface area (TPSA) is 163 Å². The van der Waals surface area contributed by atoms with Gasteiger partial charge in [0.25, 0.3) is 0 Å². The van der Waals surface area contributed by atoms with Crippen LogP contribution in [-0.4, -0.2) is 76.9 Å². The summed E-state index contributed by atoms with van der Waals surface area (Å²) < 4.78 is 59.5. The minimum Gasteiger partial charge on any atom is -0.506 e. The average molecular weight is 572 g/mol. The van der Waals surface area contributed by atoms with Gasteiger partial charge in [0, 0.05) is 19.5 Å². The number of nitrogens with zero attached hydrogens (tertiary/aromatic N) is 6.